The Hall–Kier alpha value is -2.71. The Morgan fingerprint density at radius 1 is 1.10 bits per heavy atom. The summed E-state index contributed by atoms with van der Waals surface area (Å²) in [5, 5.41) is 26.4. The highest BCUT2D eigenvalue weighted by Gasteiger charge is 2.44. The van der Waals surface area contributed by atoms with Crippen LogP contribution in [0.25, 0.3) is 0 Å². The number of hydrogen-bond donors (Lipinski definition) is 1. The van der Waals surface area contributed by atoms with Crippen LogP contribution in [0.3, 0.4) is 0 Å². The van der Waals surface area contributed by atoms with E-state index in [1.165, 1.54) is 34.5 Å². The van der Waals surface area contributed by atoms with E-state index in [-0.39, 0.29) is 12.3 Å². The van der Waals surface area contributed by atoms with Crippen molar-refractivity contribution in [3.05, 3.63) is 38.4 Å². The first-order chi connectivity index (χ1) is 13.9. The lowest BCUT2D eigenvalue weighted by atomic mass is 9.99. The number of nitro benzene ring substituents is 2. The number of anilines is 1. The van der Waals surface area contributed by atoms with Gasteiger partial charge in [-0.25, -0.2) is 0 Å². The minimum Gasteiger partial charge on any atom is -0.382 e. The lowest BCUT2D eigenvalue weighted by Gasteiger charge is -2.40. The van der Waals surface area contributed by atoms with Crippen molar-refractivity contribution in [2.45, 2.75) is 24.6 Å². The van der Waals surface area contributed by atoms with Crippen LogP contribution in [0.1, 0.15) is 0 Å². The topological polar surface area (TPSA) is 157 Å². The molecule has 13 nitrogen and oxygen atoms in total. The van der Waals surface area contributed by atoms with E-state index in [0.717, 1.165) is 12.1 Å². The van der Waals surface area contributed by atoms with Gasteiger partial charge >= 0.3 is 5.69 Å². The van der Waals surface area contributed by atoms with Gasteiger partial charge in [-0.05, 0) is 6.07 Å². The third-order valence-electron chi connectivity index (χ3n) is 4.26. The summed E-state index contributed by atoms with van der Waals surface area (Å²) in [6, 6.07) is 3.17. The zero-order valence-corrected chi connectivity index (χ0v) is 16.3. The molecule has 0 aromatic heterocycles. The molecule has 0 bridgehead atoms. The number of nitro groups is 2. The van der Waals surface area contributed by atoms with Crippen LogP contribution < -0.4 is 5.43 Å². The third kappa shape index (κ3) is 5.02. The molecule has 1 heterocycles. The van der Waals surface area contributed by atoms with Crippen LogP contribution in [0.15, 0.2) is 23.3 Å². The molecule has 1 aliphatic rings. The molecule has 1 aliphatic heterocycles. The van der Waals surface area contributed by atoms with Crippen LogP contribution in [0.2, 0.25) is 0 Å². The molecule has 2 rings (SSSR count). The molecule has 1 fully saturated rings. The summed E-state index contributed by atoms with van der Waals surface area (Å²) in [6.45, 7) is 0.110. The van der Waals surface area contributed by atoms with Crippen LogP contribution in [0.5, 0.6) is 0 Å². The van der Waals surface area contributed by atoms with Crippen molar-refractivity contribution >= 4 is 22.8 Å². The molecule has 4 atom stereocenters. The number of benzene rings is 1. The zero-order chi connectivity index (χ0) is 21.6. The first-order valence-electron chi connectivity index (χ1n) is 8.37. The van der Waals surface area contributed by atoms with Crippen LogP contribution in [-0.4, -0.2) is 75.2 Å². The number of nitrogens with one attached hydrogen (secondary N) is 1. The third-order valence-corrected chi connectivity index (χ3v) is 4.26. The van der Waals surface area contributed by atoms with Gasteiger partial charge in [0.1, 0.15) is 29.7 Å². The standard InChI is InChI=1S/C16H22N4O9/c1-25-8-12-13(14(26-2)15(27-3)16(28-4)29-12)18-17-10-6-5-9(19(21)22)7-11(10)20(23)24/h5-7,12,14-17H,8H2,1-4H3/b18-13-/t12-,14+,15-,16-/m1/s1. The summed E-state index contributed by atoms with van der Waals surface area (Å²) in [5.41, 5.74) is 1.94. The lowest BCUT2D eigenvalue weighted by molar-refractivity contribution is -0.393. The maximum absolute atomic E-state index is 11.3. The van der Waals surface area contributed by atoms with Crippen molar-refractivity contribution in [2.75, 3.05) is 40.5 Å². The second-order valence-corrected chi connectivity index (χ2v) is 5.90. The summed E-state index contributed by atoms with van der Waals surface area (Å²) < 4.78 is 27.1. The van der Waals surface area contributed by atoms with Gasteiger partial charge in [-0.1, -0.05) is 0 Å². The molecule has 1 aromatic rings. The minimum absolute atomic E-state index is 0.0399. The second-order valence-electron chi connectivity index (χ2n) is 5.90. The number of hydrazone groups is 1. The van der Waals surface area contributed by atoms with E-state index in [4.69, 9.17) is 23.7 Å². The number of rotatable bonds is 9. The fourth-order valence-electron chi connectivity index (χ4n) is 2.90. The van der Waals surface area contributed by atoms with Crippen molar-refractivity contribution in [1.82, 2.24) is 0 Å². The summed E-state index contributed by atoms with van der Waals surface area (Å²) in [6.07, 6.45) is -2.81. The van der Waals surface area contributed by atoms with Crippen LogP contribution in [0.4, 0.5) is 17.1 Å². The second kappa shape index (κ2) is 10.2. The first-order valence-corrected chi connectivity index (χ1v) is 8.37. The smallest absolute Gasteiger partial charge is 0.301 e. The van der Waals surface area contributed by atoms with Gasteiger partial charge in [0.15, 0.2) is 6.29 Å². The molecule has 0 amide bonds. The van der Waals surface area contributed by atoms with Gasteiger partial charge in [0.25, 0.3) is 5.69 Å². The lowest BCUT2D eigenvalue weighted by Crippen LogP contribution is -2.58. The molecule has 29 heavy (non-hydrogen) atoms. The normalized spacial score (nSPS) is 25.7. The molecular formula is C16H22N4O9. The monoisotopic (exact) mass is 414 g/mol. The molecule has 0 spiro atoms. The summed E-state index contributed by atoms with van der Waals surface area (Å²) in [5.74, 6) is 0. The SMILES string of the molecule is COC[C@H]1O[C@@H](OC)[C@H](OC)[C@@H](OC)/C1=N\Nc1ccc([N+](=O)[O-])cc1[N+](=O)[O-]. The van der Waals surface area contributed by atoms with Gasteiger partial charge in [0.05, 0.1) is 22.5 Å². The number of non-ortho nitro benzene ring substituents is 1. The van der Waals surface area contributed by atoms with E-state index < -0.39 is 45.8 Å². The largest absolute Gasteiger partial charge is 0.382 e. The van der Waals surface area contributed by atoms with Crippen molar-refractivity contribution in [3.8, 4) is 0 Å². The Kier molecular flexibility index (Phi) is 7.92. The fourth-order valence-corrected chi connectivity index (χ4v) is 2.90. The van der Waals surface area contributed by atoms with Crippen molar-refractivity contribution < 1.29 is 33.5 Å². The Labute approximate surface area is 165 Å². The van der Waals surface area contributed by atoms with E-state index in [0.29, 0.717) is 5.71 Å². The van der Waals surface area contributed by atoms with Gasteiger partial charge in [-0.2, -0.15) is 5.10 Å². The van der Waals surface area contributed by atoms with E-state index in [9.17, 15) is 20.2 Å². The highest BCUT2D eigenvalue weighted by atomic mass is 16.7. The Morgan fingerprint density at radius 3 is 2.34 bits per heavy atom. The van der Waals surface area contributed by atoms with Gasteiger partial charge in [0, 0.05) is 34.5 Å². The molecule has 1 N–H and O–H groups in total. The first kappa shape index (κ1) is 22.6. The van der Waals surface area contributed by atoms with Gasteiger partial charge in [-0.15, -0.1) is 0 Å². The Morgan fingerprint density at radius 2 is 1.83 bits per heavy atom. The average Bonchev–Trinajstić information content (AvgIpc) is 2.71. The molecule has 1 saturated heterocycles. The summed E-state index contributed by atoms with van der Waals surface area (Å²) >= 11 is 0. The predicted molar refractivity (Wildman–Crippen MR) is 99.9 cm³/mol. The quantitative estimate of drug-likeness (QED) is 0.461. The molecule has 1 aromatic carbocycles. The van der Waals surface area contributed by atoms with Crippen LogP contribution in [-0.2, 0) is 23.7 Å². The van der Waals surface area contributed by atoms with Crippen molar-refractivity contribution in [3.63, 3.8) is 0 Å². The van der Waals surface area contributed by atoms with Crippen LogP contribution in [0, 0.1) is 20.2 Å². The van der Waals surface area contributed by atoms with E-state index >= 15 is 0 Å². The van der Waals surface area contributed by atoms with Gasteiger partial charge in [0.2, 0.25) is 0 Å². The predicted octanol–water partition coefficient (Wildman–Crippen LogP) is 1.32. The Balaban J connectivity index is 2.41. The van der Waals surface area contributed by atoms with Crippen molar-refractivity contribution in [2.24, 2.45) is 5.10 Å². The Bertz CT molecular complexity index is 773. The molecule has 0 radical (unpaired) electrons. The minimum atomic E-state index is -0.752. The molecule has 0 unspecified atom stereocenters. The van der Waals surface area contributed by atoms with E-state index in [1.54, 1.807) is 0 Å². The summed E-state index contributed by atoms with van der Waals surface area (Å²) in [4.78, 5) is 20.7. The van der Waals surface area contributed by atoms with Crippen LogP contribution >= 0.6 is 0 Å². The fraction of sp³-hybridized carbons (Fsp3) is 0.562. The number of methoxy groups -OCH3 is 4. The highest BCUT2D eigenvalue weighted by Crippen LogP contribution is 2.30. The highest BCUT2D eigenvalue weighted by molar-refractivity contribution is 5.95. The molecule has 0 aliphatic carbocycles. The van der Waals surface area contributed by atoms with Gasteiger partial charge in [-0.3, -0.25) is 25.7 Å². The van der Waals surface area contributed by atoms with Crippen molar-refractivity contribution in [1.29, 1.82) is 0 Å². The summed E-state index contributed by atoms with van der Waals surface area (Å²) in [7, 11) is 5.83. The number of hydrogen-bond acceptors (Lipinski definition) is 11. The number of nitrogens with zero attached hydrogens (tertiary/aromatic N) is 3. The number of ether oxygens (including phenoxy) is 5. The van der Waals surface area contributed by atoms with Gasteiger partial charge < -0.3 is 23.7 Å². The van der Waals surface area contributed by atoms with E-state index in [1.807, 2.05) is 0 Å². The molecule has 0 saturated carbocycles. The molecule has 160 valence electrons. The molecule has 13 heteroatoms. The maximum atomic E-state index is 11.3. The van der Waals surface area contributed by atoms with E-state index in [2.05, 4.69) is 10.5 Å². The average molecular weight is 414 g/mol. The maximum Gasteiger partial charge on any atom is 0.301 e. The zero-order valence-electron chi connectivity index (χ0n) is 16.3. The molecular weight excluding hydrogens is 392 g/mol.